The number of rotatable bonds is 3. The molecule has 0 aliphatic carbocycles. The Morgan fingerprint density at radius 3 is 2.63 bits per heavy atom. The molecule has 2 aromatic rings. The number of carboxylic acids is 1. The number of carboxylic acid groups (broad SMARTS) is 1. The molecular weight excluding hydrogens is 265 g/mol. The number of aryl methyl sites for hydroxylation is 1. The summed E-state index contributed by atoms with van der Waals surface area (Å²) in [6, 6.07) is 4.67. The maximum atomic E-state index is 13.5. The van der Waals surface area contributed by atoms with Gasteiger partial charge in [0.15, 0.2) is 0 Å². The van der Waals surface area contributed by atoms with E-state index in [1.807, 2.05) is 13.0 Å². The topological polar surface area (TPSA) is 63.3 Å². The predicted octanol–water partition coefficient (Wildman–Crippen LogP) is 3.71. The fourth-order valence-corrected chi connectivity index (χ4v) is 3.23. The second-order valence-electron chi connectivity index (χ2n) is 4.33. The first-order chi connectivity index (χ1) is 8.93. The predicted molar refractivity (Wildman–Crippen MR) is 75.2 cm³/mol. The van der Waals surface area contributed by atoms with Crippen molar-refractivity contribution in [2.24, 2.45) is 0 Å². The smallest absolute Gasteiger partial charge is 0.348 e. The molecule has 0 bridgehead atoms. The first-order valence-corrected chi connectivity index (χ1v) is 6.67. The van der Waals surface area contributed by atoms with E-state index in [0.29, 0.717) is 12.0 Å². The molecule has 3 nitrogen and oxygen atoms in total. The molecule has 0 amide bonds. The molecule has 0 fully saturated rings. The maximum absolute atomic E-state index is 13.5. The Labute approximate surface area is 114 Å². The minimum atomic E-state index is -1.04. The van der Waals surface area contributed by atoms with Crippen molar-refractivity contribution < 1.29 is 14.3 Å². The fraction of sp³-hybridized carbons (Fsp3) is 0.214. The van der Waals surface area contributed by atoms with Crippen molar-refractivity contribution in [3.8, 4) is 10.4 Å². The lowest BCUT2D eigenvalue weighted by atomic mass is 10.0. The molecule has 0 aliphatic rings. The van der Waals surface area contributed by atoms with Gasteiger partial charge in [-0.25, -0.2) is 9.18 Å². The van der Waals surface area contributed by atoms with Crippen molar-refractivity contribution >= 4 is 23.0 Å². The molecule has 0 aliphatic heterocycles. The molecule has 1 aromatic carbocycles. The summed E-state index contributed by atoms with van der Waals surface area (Å²) >= 11 is 1.10. The van der Waals surface area contributed by atoms with Crippen LogP contribution in [0.4, 0.5) is 10.1 Å². The average molecular weight is 279 g/mol. The molecule has 0 radical (unpaired) electrons. The third kappa shape index (κ3) is 2.46. The van der Waals surface area contributed by atoms with Crippen LogP contribution in [0.2, 0.25) is 0 Å². The van der Waals surface area contributed by atoms with Gasteiger partial charge in [-0.1, -0.05) is 13.0 Å². The van der Waals surface area contributed by atoms with E-state index in [9.17, 15) is 9.18 Å². The Bertz CT molecular complexity index is 629. The van der Waals surface area contributed by atoms with Crippen molar-refractivity contribution in [3.05, 3.63) is 40.0 Å². The van der Waals surface area contributed by atoms with Gasteiger partial charge in [0.25, 0.3) is 0 Å². The van der Waals surface area contributed by atoms with Gasteiger partial charge in [-0.2, -0.15) is 0 Å². The van der Waals surface area contributed by atoms with Crippen LogP contribution in [0.15, 0.2) is 18.2 Å². The highest BCUT2D eigenvalue weighted by Crippen LogP contribution is 2.39. The second kappa shape index (κ2) is 5.01. The van der Waals surface area contributed by atoms with Crippen molar-refractivity contribution in [3.63, 3.8) is 0 Å². The van der Waals surface area contributed by atoms with Crippen LogP contribution >= 0.6 is 11.3 Å². The summed E-state index contributed by atoms with van der Waals surface area (Å²) < 4.78 is 13.5. The zero-order chi connectivity index (χ0) is 14.2. The van der Waals surface area contributed by atoms with E-state index in [1.54, 1.807) is 6.92 Å². The molecule has 0 spiro atoms. The van der Waals surface area contributed by atoms with Crippen LogP contribution < -0.4 is 5.73 Å². The van der Waals surface area contributed by atoms with Gasteiger partial charge in [0, 0.05) is 4.88 Å². The molecular formula is C14H14FNO2S. The lowest BCUT2D eigenvalue weighted by Crippen LogP contribution is -1.99. The number of thiophene rings is 1. The second-order valence-corrected chi connectivity index (χ2v) is 5.35. The van der Waals surface area contributed by atoms with Crippen molar-refractivity contribution in [1.82, 2.24) is 0 Å². The van der Waals surface area contributed by atoms with E-state index in [0.717, 1.165) is 27.3 Å². The van der Waals surface area contributed by atoms with Crippen LogP contribution in [0.3, 0.4) is 0 Å². The standard InChI is InChI=1S/C14H14FNO2S/c1-3-10-11(16)13(14(17)18)19-12(10)8-4-7(2)5-9(15)6-8/h4-6H,3,16H2,1-2H3,(H,17,18). The first-order valence-electron chi connectivity index (χ1n) is 5.86. The Morgan fingerprint density at radius 1 is 1.42 bits per heavy atom. The first kappa shape index (κ1) is 13.5. The number of carbonyl (C=O) groups is 1. The zero-order valence-electron chi connectivity index (χ0n) is 10.7. The van der Waals surface area contributed by atoms with Gasteiger partial charge in [-0.3, -0.25) is 0 Å². The van der Waals surface area contributed by atoms with Crippen LogP contribution in [0.25, 0.3) is 10.4 Å². The minimum absolute atomic E-state index is 0.119. The maximum Gasteiger partial charge on any atom is 0.348 e. The van der Waals surface area contributed by atoms with E-state index < -0.39 is 5.97 Å². The quantitative estimate of drug-likeness (QED) is 0.900. The Morgan fingerprint density at radius 2 is 2.11 bits per heavy atom. The monoisotopic (exact) mass is 279 g/mol. The van der Waals surface area contributed by atoms with Crippen LogP contribution in [0.1, 0.15) is 27.7 Å². The van der Waals surface area contributed by atoms with E-state index in [1.165, 1.54) is 12.1 Å². The molecule has 1 heterocycles. The number of benzene rings is 1. The van der Waals surface area contributed by atoms with Gasteiger partial charge in [0.1, 0.15) is 10.7 Å². The number of nitrogens with two attached hydrogens (primary N) is 1. The minimum Gasteiger partial charge on any atom is -0.477 e. The molecule has 0 unspecified atom stereocenters. The van der Waals surface area contributed by atoms with Gasteiger partial charge >= 0.3 is 5.97 Å². The third-order valence-corrected chi connectivity index (χ3v) is 4.18. The Kier molecular flexibility index (Phi) is 3.57. The average Bonchev–Trinajstić information content (AvgIpc) is 2.65. The summed E-state index contributed by atoms with van der Waals surface area (Å²) in [5.41, 5.74) is 8.40. The molecule has 19 heavy (non-hydrogen) atoms. The molecule has 0 atom stereocenters. The highest BCUT2D eigenvalue weighted by molar-refractivity contribution is 7.18. The van der Waals surface area contributed by atoms with Gasteiger partial charge in [0.2, 0.25) is 0 Å². The molecule has 2 rings (SSSR count). The van der Waals surface area contributed by atoms with Crippen molar-refractivity contribution in [2.75, 3.05) is 5.73 Å². The number of anilines is 1. The molecule has 3 N–H and O–H groups in total. The molecule has 0 saturated carbocycles. The lowest BCUT2D eigenvalue weighted by molar-refractivity contribution is 0.0703. The van der Waals surface area contributed by atoms with Gasteiger partial charge in [0.05, 0.1) is 5.69 Å². The van der Waals surface area contributed by atoms with Crippen molar-refractivity contribution in [1.29, 1.82) is 0 Å². The summed E-state index contributed by atoms with van der Waals surface area (Å²) in [4.78, 5) is 12.0. The van der Waals surface area contributed by atoms with E-state index in [4.69, 9.17) is 10.8 Å². The summed E-state index contributed by atoms with van der Waals surface area (Å²) in [7, 11) is 0. The van der Waals surface area contributed by atoms with Gasteiger partial charge in [-0.15, -0.1) is 11.3 Å². The Balaban J connectivity index is 2.67. The lowest BCUT2D eigenvalue weighted by Gasteiger charge is -2.04. The number of hydrogen-bond donors (Lipinski definition) is 2. The largest absolute Gasteiger partial charge is 0.477 e. The number of nitrogen functional groups attached to an aromatic ring is 1. The van der Waals surface area contributed by atoms with Gasteiger partial charge in [-0.05, 0) is 42.2 Å². The highest BCUT2D eigenvalue weighted by atomic mass is 32.1. The number of hydrogen-bond acceptors (Lipinski definition) is 3. The van der Waals surface area contributed by atoms with Crippen LogP contribution in [-0.2, 0) is 6.42 Å². The highest BCUT2D eigenvalue weighted by Gasteiger charge is 2.20. The molecule has 0 saturated heterocycles. The van der Waals surface area contributed by atoms with Crippen LogP contribution in [-0.4, -0.2) is 11.1 Å². The summed E-state index contributed by atoms with van der Waals surface area (Å²) in [6.45, 7) is 3.70. The summed E-state index contributed by atoms with van der Waals surface area (Å²) in [5, 5.41) is 9.11. The van der Waals surface area contributed by atoms with E-state index >= 15 is 0 Å². The number of halogens is 1. The van der Waals surface area contributed by atoms with E-state index in [2.05, 4.69) is 0 Å². The summed E-state index contributed by atoms with van der Waals surface area (Å²) in [5.74, 6) is -1.38. The SMILES string of the molecule is CCc1c(-c2cc(C)cc(F)c2)sc(C(=O)O)c1N. The zero-order valence-corrected chi connectivity index (χ0v) is 11.5. The Hall–Kier alpha value is -1.88. The van der Waals surface area contributed by atoms with Gasteiger partial charge < -0.3 is 10.8 Å². The molecule has 100 valence electrons. The van der Waals surface area contributed by atoms with Crippen LogP contribution in [0.5, 0.6) is 0 Å². The van der Waals surface area contributed by atoms with E-state index in [-0.39, 0.29) is 16.4 Å². The fourth-order valence-electron chi connectivity index (χ4n) is 2.09. The number of aromatic carboxylic acids is 1. The summed E-state index contributed by atoms with van der Waals surface area (Å²) in [6.07, 6.45) is 0.612. The normalized spacial score (nSPS) is 10.7. The third-order valence-electron chi connectivity index (χ3n) is 2.90. The molecule has 5 heteroatoms. The van der Waals surface area contributed by atoms with Crippen molar-refractivity contribution in [2.45, 2.75) is 20.3 Å². The van der Waals surface area contributed by atoms with Crippen LogP contribution in [0, 0.1) is 12.7 Å². The molecule has 1 aromatic heterocycles.